The summed E-state index contributed by atoms with van der Waals surface area (Å²) >= 11 is 0. The lowest BCUT2D eigenvalue weighted by Gasteiger charge is -2.20. The summed E-state index contributed by atoms with van der Waals surface area (Å²) in [6.07, 6.45) is 0. The molecule has 0 bridgehead atoms. The normalized spacial score (nSPS) is 14.2. The van der Waals surface area contributed by atoms with E-state index in [4.69, 9.17) is 10.4 Å². The standard InChI is InChI=1S/C6H12N2O3S/c1-6(5-9)8(2)12(10,11)4-3-7/h6,9H,4-5H2,1-2H3. The third kappa shape index (κ3) is 2.77. The number of nitriles is 1. The number of aliphatic hydroxyl groups excluding tert-OH is 1. The molecule has 70 valence electrons. The Balaban J connectivity index is 4.49. The van der Waals surface area contributed by atoms with Gasteiger partial charge in [0.15, 0.2) is 5.75 Å². The first-order valence-electron chi connectivity index (χ1n) is 3.39. The molecule has 12 heavy (non-hydrogen) atoms. The molecule has 6 heteroatoms. The van der Waals surface area contributed by atoms with Gasteiger partial charge in [0.1, 0.15) is 0 Å². The van der Waals surface area contributed by atoms with Gasteiger partial charge in [0, 0.05) is 13.1 Å². The lowest BCUT2D eigenvalue weighted by molar-refractivity contribution is 0.214. The van der Waals surface area contributed by atoms with Gasteiger partial charge in [-0.2, -0.15) is 9.57 Å². The molecule has 0 saturated heterocycles. The van der Waals surface area contributed by atoms with Crippen molar-refractivity contribution in [1.29, 1.82) is 5.26 Å². The molecule has 0 aliphatic rings. The number of rotatable bonds is 4. The van der Waals surface area contributed by atoms with Crippen molar-refractivity contribution in [3.63, 3.8) is 0 Å². The van der Waals surface area contributed by atoms with Gasteiger partial charge in [-0.25, -0.2) is 8.42 Å². The van der Waals surface area contributed by atoms with E-state index in [1.807, 2.05) is 0 Å². The first kappa shape index (κ1) is 11.4. The minimum absolute atomic E-state index is 0.249. The molecule has 1 N–H and O–H groups in total. The second-order valence-electron chi connectivity index (χ2n) is 2.46. The molecule has 0 fully saturated rings. The van der Waals surface area contributed by atoms with Crippen LogP contribution >= 0.6 is 0 Å². The number of hydrogen-bond donors (Lipinski definition) is 1. The van der Waals surface area contributed by atoms with E-state index in [0.29, 0.717) is 0 Å². The van der Waals surface area contributed by atoms with Crippen LogP contribution in [-0.4, -0.2) is 43.3 Å². The van der Waals surface area contributed by atoms with Crippen molar-refractivity contribution in [2.24, 2.45) is 0 Å². The fourth-order valence-electron chi connectivity index (χ4n) is 0.573. The third-order valence-electron chi connectivity index (χ3n) is 1.57. The zero-order chi connectivity index (χ0) is 9.78. The molecule has 0 aromatic carbocycles. The Hall–Kier alpha value is -0.640. The van der Waals surface area contributed by atoms with Gasteiger partial charge in [-0.3, -0.25) is 0 Å². The fraction of sp³-hybridized carbons (Fsp3) is 0.833. The van der Waals surface area contributed by atoms with Gasteiger partial charge in [-0.05, 0) is 6.92 Å². The molecule has 0 saturated carbocycles. The van der Waals surface area contributed by atoms with Crippen LogP contribution < -0.4 is 0 Å². The highest BCUT2D eigenvalue weighted by Crippen LogP contribution is 2.02. The molecule has 5 nitrogen and oxygen atoms in total. The summed E-state index contributed by atoms with van der Waals surface area (Å²) in [4.78, 5) is 0. The van der Waals surface area contributed by atoms with Crippen molar-refractivity contribution < 1.29 is 13.5 Å². The number of sulfonamides is 1. The summed E-state index contributed by atoms with van der Waals surface area (Å²) in [5.41, 5.74) is 0. The number of likely N-dealkylation sites (N-methyl/N-ethyl adjacent to an activating group) is 1. The molecule has 0 aliphatic heterocycles. The minimum atomic E-state index is -3.51. The molecule has 1 unspecified atom stereocenters. The van der Waals surface area contributed by atoms with Crippen LogP contribution in [0.2, 0.25) is 0 Å². The lowest BCUT2D eigenvalue weighted by Crippen LogP contribution is -2.38. The van der Waals surface area contributed by atoms with E-state index in [-0.39, 0.29) is 6.61 Å². The van der Waals surface area contributed by atoms with E-state index in [0.717, 1.165) is 4.31 Å². The quantitative estimate of drug-likeness (QED) is 0.629. The van der Waals surface area contributed by atoms with Crippen LogP contribution in [0.4, 0.5) is 0 Å². The summed E-state index contributed by atoms with van der Waals surface area (Å²) in [7, 11) is -2.17. The van der Waals surface area contributed by atoms with Gasteiger partial charge in [0.2, 0.25) is 10.0 Å². The van der Waals surface area contributed by atoms with E-state index < -0.39 is 21.8 Å². The highest BCUT2D eigenvalue weighted by atomic mass is 32.2. The summed E-state index contributed by atoms with van der Waals surface area (Å²) < 4.78 is 23.2. The van der Waals surface area contributed by atoms with Crippen LogP contribution in [-0.2, 0) is 10.0 Å². The topological polar surface area (TPSA) is 81.4 Å². The lowest BCUT2D eigenvalue weighted by atomic mass is 10.4. The molecule has 0 rings (SSSR count). The predicted octanol–water partition coefficient (Wildman–Crippen LogP) is -0.848. The molecule has 1 atom stereocenters. The largest absolute Gasteiger partial charge is 0.395 e. The average Bonchev–Trinajstić information content (AvgIpc) is 2.01. The summed E-state index contributed by atoms with van der Waals surface area (Å²) in [6, 6.07) is 1.07. The Morgan fingerprint density at radius 2 is 2.17 bits per heavy atom. The van der Waals surface area contributed by atoms with E-state index in [2.05, 4.69) is 0 Å². The highest BCUT2D eigenvalue weighted by molar-refractivity contribution is 7.89. The molecule has 0 aromatic rings. The van der Waals surface area contributed by atoms with Gasteiger partial charge in [0.25, 0.3) is 0 Å². The van der Waals surface area contributed by atoms with E-state index in [1.54, 1.807) is 13.0 Å². The number of nitrogens with zero attached hydrogens (tertiary/aromatic N) is 2. The molecule has 0 amide bonds. The first-order valence-corrected chi connectivity index (χ1v) is 5.00. The molecular formula is C6H12N2O3S. The minimum Gasteiger partial charge on any atom is -0.395 e. The Bertz CT molecular complexity index is 267. The third-order valence-corrected chi connectivity index (χ3v) is 3.30. The number of hydrogen-bond acceptors (Lipinski definition) is 4. The predicted molar refractivity (Wildman–Crippen MR) is 43.7 cm³/mol. The molecular weight excluding hydrogens is 180 g/mol. The molecule has 0 heterocycles. The van der Waals surface area contributed by atoms with Crippen LogP contribution in [0.5, 0.6) is 0 Å². The van der Waals surface area contributed by atoms with Crippen LogP contribution in [0, 0.1) is 11.3 Å². The van der Waals surface area contributed by atoms with Crippen LogP contribution in [0.25, 0.3) is 0 Å². The average molecular weight is 192 g/mol. The Morgan fingerprint density at radius 3 is 2.50 bits per heavy atom. The van der Waals surface area contributed by atoms with Crippen molar-refractivity contribution in [2.45, 2.75) is 13.0 Å². The second-order valence-corrected chi connectivity index (χ2v) is 4.49. The zero-order valence-corrected chi connectivity index (χ0v) is 7.87. The monoisotopic (exact) mass is 192 g/mol. The first-order chi connectivity index (χ1) is 5.45. The van der Waals surface area contributed by atoms with Gasteiger partial charge in [-0.1, -0.05) is 0 Å². The fourth-order valence-corrected chi connectivity index (χ4v) is 1.55. The van der Waals surface area contributed by atoms with Crippen molar-refractivity contribution in [3.8, 4) is 6.07 Å². The van der Waals surface area contributed by atoms with Crippen molar-refractivity contribution in [3.05, 3.63) is 0 Å². The molecule has 0 aliphatic carbocycles. The molecule has 0 aromatic heterocycles. The van der Waals surface area contributed by atoms with Gasteiger partial charge in [0.05, 0.1) is 12.7 Å². The summed E-state index contributed by atoms with van der Waals surface area (Å²) in [6.45, 7) is 1.32. The van der Waals surface area contributed by atoms with Gasteiger partial charge >= 0.3 is 0 Å². The maximum atomic E-state index is 11.1. The maximum Gasteiger partial charge on any atom is 0.227 e. The number of aliphatic hydroxyl groups is 1. The Kier molecular flexibility index (Phi) is 4.17. The summed E-state index contributed by atoms with van der Waals surface area (Å²) in [5, 5.41) is 16.8. The molecule has 0 radical (unpaired) electrons. The Labute approximate surface area is 72.3 Å². The van der Waals surface area contributed by atoms with E-state index in [1.165, 1.54) is 7.05 Å². The van der Waals surface area contributed by atoms with Crippen LogP contribution in [0.15, 0.2) is 0 Å². The van der Waals surface area contributed by atoms with Gasteiger partial charge in [-0.15, -0.1) is 0 Å². The Morgan fingerprint density at radius 1 is 1.67 bits per heavy atom. The summed E-state index contributed by atoms with van der Waals surface area (Å²) in [5.74, 6) is -0.548. The maximum absolute atomic E-state index is 11.1. The van der Waals surface area contributed by atoms with Crippen molar-refractivity contribution >= 4 is 10.0 Å². The van der Waals surface area contributed by atoms with Crippen LogP contribution in [0.3, 0.4) is 0 Å². The SMILES string of the molecule is CC(CO)N(C)S(=O)(=O)CC#N. The van der Waals surface area contributed by atoms with Crippen molar-refractivity contribution in [1.82, 2.24) is 4.31 Å². The highest BCUT2D eigenvalue weighted by Gasteiger charge is 2.21. The smallest absolute Gasteiger partial charge is 0.227 e. The van der Waals surface area contributed by atoms with E-state index in [9.17, 15) is 8.42 Å². The molecule has 0 spiro atoms. The van der Waals surface area contributed by atoms with E-state index >= 15 is 0 Å². The van der Waals surface area contributed by atoms with Gasteiger partial charge < -0.3 is 5.11 Å². The van der Waals surface area contributed by atoms with Crippen LogP contribution in [0.1, 0.15) is 6.92 Å². The second kappa shape index (κ2) is 4.40. The zero-order valence-electron chi connectivity index (χ0n) is 7.06. The van der Waals surface area contributed by atoms with Crippen molar-refractivity contribution in [2.75, 3.05) is 19.4 Å².